The van der Waals surface area contributed by atoms with Crippen LogP contribution in [0.1, 0.15) is 32.6 Å². The Labute approximate surface area is 108 Å². The molecule has 0 unspecified atom stereocenters. The number of rotatable bonds is 5. The van der Waals surface area contributed by atoms with Crippen molar-refractivity contribution in [1.29, 1.82) is 0 Å². The number of hydrogen-bond donors (Lipinski definition) is 2. The highest BCUT2D eigenvalue weighted by Gasteiger charge is 2.36. The maximum absolute atomic E-state index is 12.1. The average molecular weight is 269 g/mol. The molecule has 0 atom stereocenters. The molecule has 4 nitrogen and oxygen atoms in total. The molecule has 0 heterocycles. The van der Waals surface area contributed by atoms with E-state index in [0.717, 1.165) is 19.3 Å². The largest absolute Gasteiger partial charge is 0.507 e. The van der Waals surface area contributed by atoms with Gasteiger partial charge in [-0.05, 0) is 36.8 Å². The van der Waals surface area contributed by atoms with Gasteiger partial charge in [-0.25, -0.2) is 13.1 Å². The van der Waals surface area contributed by atoms with Gasteiger partial charge in [-0.1, -0.05) is 25.5 Å². The molecule has 1 aromatic carbocycles. The quantitative estimate of drug-likeness (QED) is 0.861. The average Bonchev–Trinajstić information content (AvgIpc) is 2.28. The molecule has 2 rings (SSSR count). The smallest absolute Gasteiger partial charge is 0.244 e. The van der Waals surface area contributed by atoms with Crippen LogP contribution in [-0.2, 0) is 10.0 Å². The fraction of sp³-hybridized carbons (Fsp3) is 0.538. The Morgan fingerprint density at radius 3 is 2.50 bits per heavy atom. The Morgan fingerprint density at radius 2 is 2.00 bits per heavy atom. The highest BCUT2D eigenvalue weighted by molar-refractivity contribution is 7.89. The van der Waals surface area contributed by atoms with Gasteiger partial charge >= 0.3 is 0 Å². The van der Waals surface area contributed by atoms with Crippen molar-refractivity contribution in [2.45, 2.75) is 37.5 Å². The van der Waals surface area contributed by atoms with Crippen LogP contribution in [0.4, 0.5) is 0 Å². The number of benzene rings is 1. The summed E-state index contributed by atoms with van der Waals surface area (Å²) in [4.78, 5) is -0.0458. The summed E-state index contributed by atoms with van der Waals surface area (Å²) >= 11 is 0. The number of phenols is 1. The number of aromatic hydroxyl groups is 1. The van der Waals surface area contributed by atoms with Gasteiger partial charge in [-0.15, -0.1) is 0 Å². The normalized spacial score (nSPS) is 18.3. The maximum Gasteiger partial charge on any atom is 0.244 e. The van der Waals surface area contributed by atoms with Crippen LogP contribution < -0.4 is 4.72 Å². The van der Waals surface area contributed by atoms with E-state index in [1.165, 1.54) is 18.6 Å². The molecule has 0 amide bonds. The van der Waals surface area contributed by atoms with E-state index in [9.17, 15) is 13.5 Å². The predicted octanol–water partition coefficient (Wildman–Crippen LogP) is 2.25. The van der Waals surface area contributed by atoms with E-state index in [2.05, 4.69) is 11.6 Å². The van der Waals surface area contributed by atoms with Crippen LogP contribution in [0.5, 0.6) is 5.75 Å². The number of para-hydroxylation sites is 1. The van der Waals surface area contributed by atoms with Gasteiger partial charge in [-0.3, -0.25) is 0 Å². The molecule has 1 saturated carbocycles. The molecule has 100 valence electrons. The van der Waals surface area contributed by atoms with Crippen molar-refractivity contribution in [3.8, 4) is 5.75 Å². The molecule has 0 spiro atoms. The summed E-state index contributed by atoms with van der Waals surface area (Å²) < 4.78 is 26.8. The molecule has 2 N–H and O–H groups in total. The standard InChI is InChI=1S/C13H19NO3S/c1-2-13(8-5-9-13)10-14-18(16,17)12-7-4-3-6-11(12)15/h3-4,6-7,14-15H,2,5,8-10H2,1H3. The zero-order valence-corrected chi connectivity index (χ0v) is 11.3. The van der Waals surface area contributed by atoms with Gasteiger partial charge < -0.3 is 5.11 Å². The Morgan fingerprint density at radius 1 is 1.33 bits per heavy atom. The van der Waals surface area contributed by atoms with Gasteiger partial charge in [0.05, 0.1) is 0 Å². The first-order valence-corrected chi connectivity index (χ1v) is 7.75. The van der Waals surface area contributed by atoms with Crippen LogP contribution in [-0.4, -0.2) is 20.1 Å². The topological polar surface area (TPSA) is 66.4 Å². The molecular formula is C13H19NO3S. The molecule has 1 aromatic rings. The summed E-state index contributed by atoms with van der Waals surface area (Å²) in [7, 11) is -3.61. The van der Waals surface area contributed by atoms with Crippen molar-refractivity contribution in [3.05, 3.63) is 24.3 Å². The zero-order chi connectivity index (χ0) is 13.2. The molecule has 0 saturated heterocycles. The lowest BCUT2D eigenvalue weighted by molar-refractivity contribution is 0.133. The van der Waals surface area contributed by atoms with E-state index in [4.69, 9.17) is 0 Å². The van der Waals surface area contributed by atoms with Gasteiger partial charge in [0.2, 0.25) is 10.0 Å². The van der Waals surface area contributed by atoms with E-state index in [1.807, 2.05) is 0 Å². The van der Waals surface area contributed by atoms with Gasteiger partial charge in [0.25, 0.3) is 0 Å². The molecule has 0 bridgehead atoms. The predicted molar refractivity (Wildman–Crippen MR) is 69.9 cm³/mol. The number of hydrogen-bond acceptors (Lipinski definition) is 3. The summed E-state index contributed by atoms with van der Waals surface area (Å²) in [5.74, 6) is -0.204. The number of phenolic OH excluding ortho intramolecular Hbond substituents is 1. The second-order valence-electron chi connectivity index (χ2n) is 5.00. The van der Waals surface area contributed by atoms with Crippen LogP contribution in [0.3, 0.4) is 0 Å². The summed E-state index contributed by atoms with van der Waals surface area (Å²) in [6.45, 7) is 2.55. The minimum absolute atomic E-state index is 0.0458. The van der Waals surface area contributed by atoms with E-state index in [-0.39, 0.29) is 16.1 Å². The molecule has 5 heteroatoms. The number of sulfonamides is 1. The molecule has 1 fully saturated rings. The summed E-state index contributed by atoms with van der Waals surface area (Å²) in [5.41, 5.74) is 0.122. The Bertz CT molecular complexity index is 515. The van der Waals surface area contributed by atoms with Gasteiger partial charge in [0.15, 0.2) is 0 Å². The summed E-state index contributed by atoms with van der Waals surface area (Å²) in [6, 6.07) is 6.01. The Balaban J connectivity index is 2.11. The van der Waals surface area contributed by atoms with Crippen molar-refractivity contribution < 1.29 is 13.5 Å². The molecule has 0 aliphatic heterocycles. The van der Waals surface area contributed by atoms with Crippen molar-refractivity contribution in [2.24, 2.45) is 5.41 Å². The molecule has 0 aromatic heterocycles. The van der Waals surface area contributed by atoms with Crippen molar-refractivity contribution in [2.75, 3.05) is 6.54 Å². The van der Waals surface area contributed by atoms with Crippen LogP contribution in [0.2, 0.25) is 0 Å². The lowest BCUT2D eigenvalue weighted by atomic mass is 9.67. The maximum atomic E-state index is 12.1. The Hall–Kier alpha value is -1.07. The van der Waals surface area contributed by atoms with E-state index >= 15 is 0 Å². The first kappa shape index (κ1) is 13.4. The third kappa shape index (κ3) is 2.52. The second-order valence-corrected chi connectivity index (χ2v) is 6.73. The number of nitrogens with one attached hydrogen (secondary N) is 1. The minimum Gasteiger partial charge on any atom is -0.507 e. The third-order valence-electron chi connectivity index (χ3n) is 3.96. The van der Waals surface area contributed by atoms with Crippen LogP contribution in [0.15, 0.2) is 29.2 Å². The zero-order valence-electron chi connectivity index (χ0n) is 10.5. The van der Waals surface area contributed by atoms with Gasteiger partial charge in [0.1, 0.15) is 10.6 Å². The van der Waals surface area contributed by atoms with E-state index < -0.39 is 10.0 Å². The van der Waals surface area contributed by atoms with Crippen LogP contribution in [0, 0.1) is 5.41 Å². The summed E-state index contributed by atoms with van der Waals surface area (Å²) in [5, 5.41) is 9.58. The molecule has 18 heavy (non-hydrogen) atoms. The second kappa shape index (κ2) is 4.90. The SMILES string of the molecule is CCC1(CNS(=O)(=O)c2ccccc2O)CCC1. The molecule has 1 aliphatic rings. The van der Waals surface area contributed by atoms with Crippen LogP contribution >= 0.6 is 0 Å². The van der Waals surface area contributed by atoms with E-state index in [0.29, 0.717) is 6.54 Å². The van der Waals surface area contributed by atoms with E-state index in [1.54, 1.807) is 12.1 Å². The highest BCUT2D eigenvalue weighted by Crippen LogP contribution is 2.43. The molecular weight excluding hydrogens is 250 g/mol. The minimum atomic E-state index is -3.61. The fourth-order valence-electron chi connectivity index (χ4n) is 2.34. The highest BCUT2D eigenvalue weighted by atomic mass is 32.2. The van der Waals surface area contributed by atoms with Gasteiger partial charge in [-0.2, -0.15) is 0 Å². The Kier molecular flexibility index (Phi) is 3.64. The third-order valence-corrected chi connectivity index (χ3v) is 5.40. The monoisotopic (exact) mass is 269 g/mol. The van der Waals surface area contributed by atoms with Crippen LogP contribution in [0.25, 0.3) is 0 Å². The fourth-order valence-corrected chi connectivity index (χ4v) is 3.60. The molecule has 1 aliphatic carbocycles. The van der Waals surface area contributed by atoms with Crippen molar-refractivity contribution in [3.63, 3.8) is 0 Å². The first-order chi connectivity index (χ1) is 8.49. The van der Waals surface area contributed by atoms with Crippen molar-refractivity contribution in [1.82, 2.24) is 4.72 Å². The first-order valence-electron chi connectivity index (χ1n) is 6.27. The summed E-state index contributed by atoms with van der Waals surface area (Å²) in [6.07, 6.45) is 4.31. The lowest BCUT2D eigenvalue weighted by Gasteiger charge is -2.41. The van der Waals surface area contributed by atoms with Gasteiger partial charge in [0, 0.05) is 6.54 Å². The molecule has 0 radical (unpaired) electrons. The van der Waals surface area contributed by atoms with Crippen molar-refractivity contribution >= 4 is 10.0 Å². The lowest BCUT2D eigenvalue weighted by Crippen LogP contribution is -2.41.